The lowest BCUT2D eigenvalue weighted by atomic mass is 10.0. The Balaban J connectivity index is 1.84. The normalized spacial score (nSPS) is 13.2. The van der Waals surface area contributed by atoms with Crippen LogP contribution in [0.25, 0.3) is 26.8 Å². The van der Waals surface area contributed by atoms with E-state index in [0.29, 0.717) is 18.6 Å². The lowest BCUT2D eigenvalue weighted by molar-refractivity contribution is -0.0102. The van der Waals surface area contributed by atoms with Crippen molar-refractivity contribution in [3.05, 3.63) is 58.3 Å². The number of nitriles is 1. The summed E-state index contributed by atoms with van der Waals surface area (Å²) in [7, 11) is -4.03. The van der Waals surface area contributed by atoms with Gasteiger partial charge in [0.05, 0.1) is 5.60 Å². The van der Waals surface area contributed by atoms with Crippen molar-refractivity contribution in [1.29, 1.82) is 5.26 Å². The summed E-state index contributed by atoms with van der Waals surface area (Å²) in [6, 6.07) is 18.9. The van der Waals surface area contributed by atoms with Gasteiger partial charge in [0.25, 0.3) is 10.0 Å². The Kier molecular flexibility index (Phi) is 10.8. The molecule has 222 valence electrons. The summed E-state index contributed by atoms with van der Waals surface area (Å²) in [5.41, 5.74) is 1.67. The Hall–Kier alpha value is -2.70. The van der Waals surface area contributed by atoms with Crippen molar-refractivity contribution in [2.45, 2.75) is 85.8 Å². The molecule has 2 aromatic carbocycles. The molecule has 0 saturated carbocycles. The fraction of sp³-hybridized carbons (Fsp3) is 0.485. The summed E-state index contributed by atoms with van der Waals surface area (Å²) in [6.45, 7) is 18.1. The number of hydrogen-bond acceptors (Lipinski definition) is 6. The zero-order chi connectivity index (χ0) is 30.4. The molecule has 0 aliphatic rings. The van der Waals surface area contributed by atoms with Gasteiger partial charge in [0.1, 0.15) is 6.07 Å². The first kappa shape index (κ1) is 32.8. The van der Waals surface area contributed by atoms with Gasteiger partial charge in [-0.3, -0.25) is 0 Å². The third kappa shape index (κ3) is 8.89. The zero-order valence-electron chi connectivity index (χ0n) is 25.8. The number of ether oxygens (including phenoxy) is 1. The van der Waals surface area contributed by atoms with Gasteiger partial charge >= 0.3 is 0 Å². The first-order chi connectivity index (χ1) is 19.2. The molecule has 0 amide bonds. The van der Waals surface area contributed by atoms with Crippen LogP contribution >= 0.6 is 11.3 Å². The van der Waals surface area contributed by atoms with Crippen molar-refractivity contribution in [2.24, 2.45) is 0 Å². The largest absolute Gasteiger partial charge is 0.376 e. The Morgan fingerprint density at radius 1 is 0.976 bits per heavy atom. The number of anilines is 1. The molecule has 0 aliphatic carbocycles. The Bertz CT molecular complexity index is 1520. The van der Waals surface area contributed by atoms with Crippen LogP contribution in [0.4, 0.5) is 5.69 Å². The minimum atomic E-state index is -4.03. The third-order valence-corrected chi connectivity index (χ3v) is 9.83. The molecule has 41 heavy (non-hydrogen) atoms. The van der Waals surface area contributed by atoms with Crippen molar-refractivity contribution < 1.29 is 13.2 Å². The second-order valence-corrected chi connectivity index (χ2v) is 14.9. The number of nitrogens with one attached hydrogen (secondary N) is 1. The highest BCUT2D eigenvalue weighted by Crippen LogP contribution is 2.36. The highest BCUT2D eigenvalue weighted by Gasteiger charge is 2.30. The summed E-state index contributed by atoms with van der Waals surface area (Å²) in [4.78, 5) is 3.95. The number of benzene rings is 2. The number of hydrogen-bond donors (Lipinski definition) is 1. The summed E-state index contributed by atoms with van der Waals surface area (Å²) in [5, 5.41) is 12.2. The lowest BCUT2D eigenvalue weighted by Crippen LogP contribution is -2.45. The van der Waals surface area contributed by atoms with Gasteiger partial charge < -0.3 is 9.64 Å². The second-order valence-electron chi connectivity index (χ2n) is 12.2. The molecule has 8 heteroatoms. The van der Waals surface area contributed by atoms with Crippen LogP contribution in [-0.2, 0) is 14.8 Å². The van der Waals surface area contributed by atoms with E-state index in [4.69, 9.17) is 4.74 Å². The molecule has 0 saturated heterocycles. The maximum Gasteiger partial charge on any atom is 0.251 e. The minimum Gasteiger partial charge on any atom is -0.376 e. The fourth-order valence-corrected chi connectivity index (χ4v) is 7.36. The average Bonchev–Trinajstić information content (AvgIpc) is 3.37. The van der Waals surface area contributed by atoms with Crippen molar-refractivity contribution in [3.63, 3.8) is 0 Å². The van der Waals surface area contributed by atoms with Gasteiger partial charge in [-0.1, -0.05) is 32.0 Å². The standard InChI is InChI=1S/C33H45N3O3S2/c1-9-18-36(19-10-2)28-14-13-25-21-27(12-11-26(25)22-28)30-16-15-29(40-30)24(3)31(23-34)41(37,38)35-33(7,8)17-20-39-32(4,5)6/h11-16,21-22,35H,9-10,17-20H2,1-8H3. The molecule has 0 atom stereocenters. The summed E-state index contributed by atoms with van der Waals surface area (Å²) >= 11 is 1.49. The molecule has 1 N–H and O–H groups in total. The molecule has 0 aliphatic heterocycles. The Morgan fingerprint density at radius 3 is 2.22 bits per heavy atom. The number of fused-ring (bicyclic) bond motifs is 1. The molecule has 0 unspecified atom stereocenters. The highest BCUT2D eigenvalue weighted by atomic mass is 32.2. The van der Waals surface area contributed by atoms with E-state index in [1.165, 1.54) is 22.4 Å². The first-order valence-corrected chi connectivity index (χ1v) is 16.7. The average molecular weight is 596 g/mol. The van der Waals surface area contributed by atoms with E-state index in [-0.39, 0.29) is 10.5 Å². The predicted molar refractivity (Wildman–Crippen MR) is 175 cm³/mol. The number of rotatable bonds is 13. The van der Waals surface area contributed by atoms with Gasteiger partial charge in [-0.2, -0.15) is 5.26 Å². The zero-order valence-corrected chi connectivity index (χ0v) is 27.4. The molecule has 1 heterocycles. The van der Waals surface area contributed by atoms with Crippen LogP contribution in [0.2, 0.25) is 0 Å². The van der Waals surface area contributed by atoms with Gasteiger partial charge in [-0.05, 0) is 113 Å². The van der Waals surface area contributed by atoms with Crippen LogP contribution in [-0.4, -0.2) is 39.3 Å². The van der Waals surface area contributed by atoms with Crippen molar-refractivity contribution in [3.8, 4) is 16.5 Å². The van der Waals surface area contributed by atoms with Crippen LogP contribution < -0.4 is 9.62 Å². The molecule has 0 fully saturated rings. The van der Waals surface area contributed by atoms with Crippen LogP contribution in [0.15, 0.2) is 53.4 Å². The van der Waals surface area contributed by atoms with Gasteiger partial charge in [0.15, 0.2) is 4.91 Å². The molecule has 0 bridgehead atoms. The Labute approximate surface area is 251 Å². The van der Waals surface area contributed by atoms with E-state index < -0.39 is 15.6 Å². The molecule has 0 spiro atoms. The number of thiophene rings is 1. The molecule has 3 aromatic rings. The predicted octanol–water partition coefficient (Wildman–Crippen LogP) is 8.35. The molecular weight excluding hydrogens is 551 g/mol. The van der Waals surface area contributed by atoms with Crippen LogP contribution in [0, 0.1) is 11.3 Å². The van der Waals surface area contributed by atoms with E-state index in [0.717, 1.165) is 46.6 Å². The Morgan fingerprint density at radius 2 is 1.61 bits per heavy atom. The molecular formula is C33H45N3O3S2. The number of nitrogens with zero attached hydrogens (tertiary/aromatic N) is 2. The molecule has 3 rings (SSSR count). The smallest absolute Gasteiger partial charge is 0.251 e. The maximum absolute atomic E-state index is 13.3. The first-order valence-electron chi connectivity index (χ1n) is 14.4. The van der Waals surface area contributed by atoms with E-state index in [9.17, 15) is 13.7 Å². The van der Waals surface area contributed by atoms with Crippen LogP contribution in [0.1, 0.15) is 79.5 Å². The van der Waals surface area contributed by atoms with Gasteiger partial charge in [0.2, 0.25) is 0 Å². The van der Waals surface area contributed by atoms with Crippen LogP contribution in [0.5, 0.6) is 0 Å². The lowest BCUT2D eigenvalue weighted by Gasteiger charge is -2.28. The molecule has 0 radical (unpaired) electrons. The SMILES string of the molecule is CCCN(CCC)c1ccc2cc(-c3ccc(C(C)=C(C#N)S(=O)(=O)NC(C)(C)CCOC(C)(C)C)s3)ccc2c1. The fourth-order valence-electron chi connectivity index (χ4n) is 4.72. The summed E-state index contributed by atoms with van der Waals surface area (Å²) in [5.74, 6) is 0. The quantitative estimate of drug-likeness (QED) is 0.201. The maximum atomic E-state index is 13.3. The van der Waals surface area contributed by atoms with E-state index in [1.54, 1.807) is 20.8 Å². The summed E-state index contributed by atoms with van der Waals surface area (Å²) in [6.07, 6.45) is 2.70. The molecule has 6 nitrogen and oxygen atoms in total. The van der Waals surface area contributed by atoms with E-state index in [2.05, 4.69) is 59.9 Å². The second kappa shape index (κ2) is 13.5. The van der Waals surface area contributed by atoms with Gasteiger partial charge in [-0.25, -0.2) is 13.1 Å². The molecule has 1 aromatic heterocycles. The monoisotopic (exact) mass is 595 g/mol. The van der Waals surface area contributed by atoms with Crippen molar-refractivity contribution >= 4 is 43.4 Å². The van der Waals surface area contributed by atoms with Crippen LogP contribution in [0.3, 0.4) is 0 Å². The highest BCUT2D eigenvalue weighted by molar-refractivity contribution is 7.94. The third-order valence-electron chi connectivity index (χ3n) is 6.82. The summed E-state index contributed by atoms with van der Waals surface area (Å²) < 4.78 is 35.1. The number of allylic oxidation sites excluding steroid dienone is 2. The minimum absolute atomic E-state index is 0.259. The van der Waals surface area contributed by atoms with E-state index >= 15 is 0 Å². The number of sulfonamides is 1. The van der Waals surface area contributed by atoms with Gasteiger partial charge in [0, 0.05) is 40.7 Å². The van der Waals surface area contributed by atoms with E-state index in [1.807, 2.05) is 39.0 Å². The van der Waals surface area contributed by atoms with Crippen molar-refractivity contribution in [2.75, 3.05) is 24.6 Å². The van der Waals surface area contributed by atoms with Gasteiger partial charge in [-0.15, -0.1) is 11.3 Å². The topological polar surface area (TPSA) is 82.4 Å². The van der Waals surface area contributed by atoms with Crippen molar-refractivity contribution in [1.82, 2.24) is 4.72 Å².